The molecule has 2 aromatic carbocycles. The maximum absolute atomic E-state index is 10.6. The number of benzene rings is 2. The normalized spacial score (nSPS) is 10.2. The quantitative estimate of drug-likeness (QED) is 0.882. The number of nitrogens with two attached hydrogens (primary N) is 1. The molecule has 2 N–H and O–H groups in total. The number of carbonyl (C=O) groups excluding carboxylic acids is 1. The summed E-state index contributed by atoms with van der Waals surface area (Å²) in [6, 6.07) is 15.0. The molecule has 0 spiro atoms. The van der Waals surface area contributed by atoms with E-state index in [-0.39, 0.29) is 5.91 Å². The van der Waals surface area contributed by atoms with E-state index in [2.05, 4.69) is 0 Å². The summed E-state index contributed by atoms with van der Waals surface area (Å²) in [5, 5.41) is 0.577. The summed E-state index contributed by atoms with van der Waals surface area (Å²) in [5.41, 5.74) is 6.20. The van der Waals surface area contributed by atoms with Gasteiger partial charge in [-0.3, -0.25) is 4.79 Å². The highest BCUT2D eigenvalue weighted by molar-refractivity contribution is 7.99. The predicted molar refractivity (Wildman–Crippen MR) is 83.3 cm³/mol. The van der Waals surface area contributed by atoms with Gasteiger partial charge in [0.15, 0.2) is 0 Å². The molecule has 0 saturated carbocycles. The van der Waals surface area contributed by atoms with E-state index in [1.54, 1.807) is 6.07 Å². The molecule has 0 radical (unpaired) electrons. The van der Waals surface area contributed by atoms with Crippen molar-refractivity contribution in [1.82, 2.24) is 0 Å². The fourth-order valence-corrected chi connectivity index (χ4v) is 2.48. The van der Waals surface area contributed by atoms with Crippen LogP contribution in [0.1, 0.15) is 5.56 Å². The third-order valence-electron chi connectivity index (χ3n) is 2.50. The Kier molecular flexibility index (Phi) is 5.32. The molecule has 0 aliphatic carbocycles. The Balaban J connectivity index is 1.95. The van der Waals surface area contributed by atoms with E-state index in [0.29, 0.717) is 16.5 Å². The number of thioether (sulfide) groups is 1. The smallest absolute Gasteiger partial charge is 0.227 e. The van der Waals surface area contributed by atoms with E-state index in [4.69, 9.17) is 22.1 Å². The first kappa shape index (κ1) is 14.8. The topological polar surface area (TPSA) is 52.3 Å². The number of hydrogen-bond acceptors (Lipinski definition) is 3. The number of primary amides is 1. The van der Waals surface area contributed by atoms with Crippen LogP contribution in [-0.2, 0) is 10.5 Å². The zero-order chi connectivity index (χ0) is 14.4. The molecule has 0 heterocycles. The van der Waals surface area contributed by atoms with Crippen molar-refractivity contribution in [2.45, 2.75) is 5.75 Å². The summed E-state index contributed by atoms with van der Waals surface area (Å²) in [5.74, 6) is 2.13. The lowest BCUT2D eigenvalue weighted by atomic mass is 10.2. The Labute approximate surface area is 127 Å². The minimum Gasteiger partial charge on any atom is -0.456 e. The second-order valence-electron chi connectivity index (χ2n) is 4.14. The van der Waals surface area contributed by atoms with Crippen LogP contribution in [0.15, 0.2) is 48.5 Å². The van der Waals surface area contributed by atoms with Crippen LogP contribution < -0.4 is 10.5 Å². The van der Waals surface area contributed by atoms with Crippen molar-refractivity contribution in [3.8, 4) is 11.5 Å². The molecule has 104 valence electrons. The minimum absolute atomic E-state index is 0.298. The monoisotopic (exact) mass is 307 g/mol. The van der Waals surface area contributed by atoms with Crippen LogP contribution in [0.25, 0.3) is 0 Å². The van der Waals surface area contributed by atoms with Gasteiger partial charge in [0.25, 0.3) is 0 Å². The van der Waals surface area contributed by atoms with E-state index in [1.165, 1.54) is 11.8 Å². The maximum atomic E-state index is 10.6. The first-order valence-corrected chi connectivity index (χ1v) is 7.56. The summed E-state index contributed by atoms with van der Waals surface area (Å²) < 4.78 is 5.69. The van der Waals surface area contributed by atoms with E-state index >= 15 is 0 Å². The standard InChI is InChI=1S/C15H14ClNO2S/c16-13-3-1-2-4-14(13)19-12-7-5-11(6-8-12)9-20-10-15(17)18/h1-8H,9-10H2,(H2,17,18). The summed E-state index contributed by atoms with van der Waals surface area (Å²) in [7, 11) is 0. The third kappa shape index (κ3) is 4.47. The van der Waals surface area contributed by atoms with Crippen LogP contribution in [0.3, 0.4) is 0 Å². The fourth-order valence-electron chi connectivity index (χ4n) is 1.58. The van der Waals surface area contributed by atoms with E-state index in [9.17, 15) is 4.79 Å². The van der Waals surface area contributed by atoms with Gasteiger partial charge in [0.1, 0.15) is 11.5 Å². The maximum Gasteiger partial charge on any atom is 0.227 e. The molecule has 2 aromatic rings. The lowest BCUT2D eigenvalue weighted by Crippen LogP contribution is -2.13. The number of carbonyl (C=O) groups is 1. The zero-order valence-corrected chi connectivity index (χ0v) is 12.3. The molecule has 1 amide bonds. The van der Waals surface area contributed by atoms with Crippen molar-refractivity contribution in [3.63, 3.8) is 0 Å². The van der Waals surface area contributed by atoms with Crippen molar-refractivity contribution in [3.05, 3.63) is 59.1 Å². The number of ether oxygens (including phenoxy) is 1. The van der Waals surface area contributed by atoms with Crippen molar-refractivity contribution >= 4 is 29.3 Å². The molecule has 0 atom stereocenters. The van der Waals surface area contributed by atoms with Crippen molar-refractivity contribution in [2.24, 2.45) is 5.73 Å². The van der Waals surface area contributed by atoms with Gasteiger partial charge in [0.2, 0.25) is 5.91 Å². The molecule has 0 fully saturated rings. The first-order chi connectivity index (χ1) is 9.65. The highest BCUT2D eigenvalue weighted by atomic mass is 35.5. The number of amides is 1. The Morgan fingerprint density at radius 2 is 1.85 bits per heavy atom. The van der Waals surface area contributed by atoms with Gasteiger partial charge in [-0.15, -0.1) is 11.8 Å². The molecule has 0 aliphatic heterocycles. The summed E-state index contributed by atoms with van der Waals surface area (Å²) in [4.78, 5) is 10.6. The number of para-hydroxylation sites is 1. The highest BCUT2D eigenvalue weighted by Crippen LogP contribution is 2.29. The van der Waals surface area contributed by atoms with Crippen LogP contribution in [0.2, 0.25) is 5.02 Å². The van der Waals surface area contributed by atoms with Crippen molar-refractivity contribution in [2.75, 3.05) is 5.75 Å². The summed E-state index contributed by atoms with van der Waals surface area (Å²) >= 11 is 7.52. The van der Waals surface area contributed by atoms with Gasteiger partial charge < -0.3 is 10.5 Å². The van der Waals surface area contributed by atoms with Crippen LogP contribution >= 0.6 is 23.4 Å². The lowest BCUT2D eigenvalue weighted by molar-refractivity contribution is -0.115. The Bertz CT molecular complexity index is 587. The van der Waals surface area contributed by atoms with E-state index in [1.807, 2.05) is 42.5 Å². The van der Waals surface area contributed by atoms with Gasteiger partial charge in [-0.05, 0) is 29.8 Å². The molecular formula is C15H14ClNO2S. The molecule has 2 rings (SSSR count). The predicted octanol–water partition coefficient (Wildman–Crippen LogP) is 3.85. The van der Waals surface area contributed by atoms with Gasteiger partial charge in [0.05, 0.1) is 10.8 Å². The molecule has 0 aromatic heterocycles. The minimum atomic E-state index is -0.298. The van der Waals surface area contributed by atoms with E-state index in [0.717, 1.165) is 17.1 Å². The van der Waals surface area contributed by atoms with Crippen molar-refractivity contribution in [1.29, 1.82) is 0 Å². The zero-order valence-electron chi connectivity index (χ0n) is 10.7. The number of halogens is 1. The molecule has 20 heavy (non-hydrogen) atoms. The molecule has 0 unspecified atom stereocenters. The van der Waals surface area contributed by atoms with Gasteiger partial charge >= 0.3 is 0 Å². The third-order valence-corrected chi connectivity index (χ3v) is 3.84. The van der Waals surface area contributed by atoms with E-state index < -0.39 is 0 Å². The lowest BCUT2D eigenvalue weighted by Gasteiger charge is -2.08. The number of rotatable bonds is 6. The average Bonchev–Trinajstić information content (AvgIpc) is 2.43. The van der Waals surface area contributed by atoms with Crippen LogP contribution in [0.4, 0.5) is 0 Å². The summed E-state index contributed by atoms with van der Waals surface area (Å²) in [6.07, 6.45) is 0. The second-order valence-corrected chi connectivity index (χ2v) is 5.53. The molecule has 0 saturated heterocycles. The van der Waals surface area contributed by atoms with Gasteiger partial charge in [0, 0.05) is 5.75 Å². The summed E-state index contributed by atoms with van der Waals surface area (Å²) in [6.45, 7) is 0. The molecule has 0 aliphatic rings. The number of hydrogen-bond donors (Lipinski definition) is 1. The largest absolute Gasteiger partial charge is 0.456 e. The molecule has 0 bridgehead atoms. The Morgan fingerprint density at radius 1 is 1.15 bits per heavy atom. The SMILES string of the molecule is NC(=O)CSCc1ccc(Oc2ccccc2Cl)cc1. The van der Waals surface area contributed by atoms with Gasteiger partial charge in [-0.1, -0.05) is 35.9 Å². The average molecular weight is 308 g/mol. The Morgan fingerprint density at radius 3 is 2.50 bits per heavy atom. The Hall–Kier alpha value is -1.65. The van der Waals surface area contributed by atoms with Crippen LogP contribution in [0.5, 0.6) is 11.5 Å². The van der Waals surface area contributed by atoms with Crippen molar-refractivity contribution < 1.29 is 9.53 Å². The van der Waals surface area contributed by atoms with Crippen LogP contribution in [-0.4, -0.2) is 11.7 Å². The molecule has 5 heteroatoms. The van der Waals surface area contributed by atoms with Gasteiger partial charge in [-0.2, -0.15) is 0 Å². The highest BCUT2D eigenvalue weighted by Gasteiger charge is 2.02. The second kappa shape index (κ2) is 7.22. The molecule has 3 nitrogen and oxygen atoms in total. The molecular weight excluding hydrogens is 294 g/mol. The fraction of sp³-hybridized carbons (Fsp3) is 0.133. The van der Waals surface area contributed by atoms with Crippen LogP contribution in [0, 0.1) is 0 Å². The first-order valence-electron chi connectivity index (χ1n) is 6.02. The van der Waals surface area contributed by atoms with Gasteiger partial charge in [-0.25, -0.2) is 0 Å².